The second-order valence-electron chi connectivity index (χ2n) is 3.65. The van der Waals surface area contributed by atoms with Crippen LogP contribution in [0.15, 0.2) is 36.5 Å². The first-order valence-electron chi connectivity index (χ1n) is 5.06. The van der Waals surface area contributed by atoms with Gasteiger partial charge in [0, 0.05) is 11.8 Å². The van der Waals surface area contributed by atoms with Gasteiger partial charge >= 0.3 is 34.4 Å². The van der Waals surface area contributed by atoms with Crippen molar-refractivity contribution >= 4 is 7.81 Å². The van der Waals surface area contributed by atoms with Gasteiger partial charge in [-0.25, -0.2) is 0 Å². The molecule has 0 spiro atoms. The van der Waals surface area contributed by atoms with Gasteiger partial charge in [0.2, 0.25) is 0 Å². The van der Waals surface area contributed by atoms with Crippen LogP contribution in [0.5, 0.6) is 5.75 Å². The summed E-state index contributed by atoms with van der Waals surface area (Å²) in [7, 11) is -9.00. The molecule has 1 heterocycles. The van der Waals surface area contributed by atoms with E-state index in [0.717, 1.165) is 17.0 Å². The molecule has 3 nitrogen and oxygen atoms in total. The Labute approximate surface area is 111 Å². The van der Waals surface area contributed by atoms with Crippen LogP contribution in [0.4, 0.5) is 25.2 Å². The van der Waals surface area contributed by atoms with Crippen LogP contribution in [-0.2, 0) is 0 Å². The van der Waals surface area contributed by atoms with Crippen molar-refractivity contribution in [2.75, 3.05) is 7.11 Å². The number of nitrogens with zero attached hydrogens (tertiary/aromatic N) is 1. The Morgan fingerprint density at radius 1 is 1.00 bits per heavy atom. The summed E-state index contributed by atoms with van der Waals surface area (Å²) in [4.78, 5) is 0. The Morgan fingerprint density at radius 2 is 1.50 bits per heavy atom. The zero-order chi connectivity index (χ0) is 15.5. The smallest absolute Gasteiger partial charge is 1.00 e. The molecule has 1 N–H and O–H groups in total. The van der Waals surface area contributed by atoms with E-state index in [1.165, 1.54) is 0 Å². The Hall–Kier alpha value is -1.76. The van der Waals surface area contributed by atoms with E-state index in [4.69, 9.17) is 4.74 Å². The zero-order valence-electron chi connectivity index (χ0n) is 11.0. The molecule has 0 saturated carbocycles. The minimum Gasteiger partial charge on any atom is 1.00 e. The number of benzene rings is 1. The Balaban J connectivity index is 0.000000436. The van der Waals surface area contributed by atoms with Gasteiger partial charge in [-0.05, 0) is 30.3 Å². The number of nitrogens with one attached hydrogen (secondary N) is 1. The van der Waals surface area contributed by atoms with E-state index in [1.807, 2.05) is 30.3 Å². The first-order chi connectivity index (χ1) is 8.85. The number of hydrogen-bond acceptors (Lipinski definition) is 2. The van der Waals surface area contributed by atoms with E-state index < -0.39 is 7.81 Å². The molecule has 0 radical (unpaired) electrons. The van der Waals surface area contributed by atoms with Crippen LogP contribution in [0.3, 0.4) is 0 Å². The van der Waals surface area contributed by atoms with E-state index in [9.17, 15) is 25.2 Å². The molecular formula is C10H11F6N2OP. The van der Waals surface area contributed by atoms with Gasteiger partial charge in [-0.3, -0.25) is 5.10 Å². The molecule has 0 fully saturated rings. The van der Waals surface area contributed by atoms with E-state index in [1.54, 1.807) is 13.3 Å². The maximum Gasteiger partial charge on any atom is 1.00 e. The van der Waals surface area contributed by atoms with E-state index in [-0.39, 0.29) is 1.43 Å². The first kappa shape index (κ1) is 16.3. The van der Waals surface area contributed by atoms with Gasteiger partial charge in [0.1, 0.15) is 5.75 Å². The standard InChI is InChI=1S/C10H10N2O.F6P/c1-13-9-4-2-8(3-5-9)10-6-7-11-12-10;1-7(2,3,4,5)6/h2-7H,1H3,(H,11,12);/q;-1/p+1. The van der Waals surface area contributed by atoms with E-state index in [2.05, 4.69) is 10.2 Å². The van der Waals surface area contributed by atoms with Crippen LogP contribution >= 0.6 is 7.81 Å². The number of methoxy groups -OCH3 is 1. The number of ether oxygens (including phenoxy) is 1. The minimum absolute atomic E-state index is 0. The molecule has 0 bridgehead atoms. The topological polar surface area (TPSA) is 37.9 Å². The third-order valence-electron chi connectivity index (χ3n) is 1.89. The molecule has 0 atom stereocenters. The molecule has 20 heavy (non-hydrogen) atoms. The molecule has 0 aliphatic rings. The van der Waals surface area contributed by atoms with Crippen molar-refractivity contribution in [3.8, 4) is 17.0 Å². The SMILES string of the molecule is COc1ccc(-c2cc[nH]n2)cc1.F[P-](F)(F)(F)(F)F.[H+]. The van der Waals surface area contributed by atoms with Crippen molar-refractivity contribution < 1.29 is 31.3 Å². The summed E-state index contributed by atoms with van der Waals surface area (Å²) in [5.41, 5.74) is 2.03. The number of hydrogen-bond donors (Lipinski definition) is 1. The van der Waals surface area contributed by atoms with E-state index in [0.29, 0.717) is 0 Å². The van der Waals surface area contributed by atoms with Gasteiger partial charge in [0.15, 0.2) is 0 Å². The van der Waals surface area contributed by atoms with Crippen molar-refractivity contribution in [3.63, 3.8) is 0 Å². The average Bonchev–Trinajstić information content (AvgIpc) is 2.78. The molecule has 0 aliphatic carbocycles. The maximum absolute atomic E-state index is 10.7. The summed E-state index contributed by atoms with van der Waals surface area (Å²) in [6, 6.07) is 9.74. The fourth-order valence-corrected chi connectivity index (χ4v) is 1.18. The summed E-state index contributed by atoms with van der Waals surface area (Å²) in [6.07, 6.45) is 1.81. The molecule has 2 aromatic rings. The number of aromatic nitrogens is 2. The number of halogens is 6. The van der Waals surface area contributed by atoms with Gasteiger partial charge in [-0.2, -0.15) is 5.10 Å². The van der Waals surface area contributed by atoms with Crippen molar-refractivity contribution in [2.24, 2.45) is 0 Å². The minimum atomic E-state index is -10.7. The molecule has 0 saturated heterocycles. The van der Waals surface area contributed by atoms with Gasteiger partial charge in [-0.1, -0.05) is 0 Å². The van der Waals surface area contributed by atoms with E-state index >= 15 is 0 Å². The Bertz CT molecular complexity index is 544. The van der Waals surface area contributed by atoms with Crippen LogP contribution in [0.25, 0.3) is 11.3 Å². The number of rotatable bonds is 2. The zero-order valence-corrected chi connectivity index (χ0v) is 10.9. The molecule has 1 aromatic carbocycles. The summed E-state index contributed by atoms with van der Waals surface area (Å²) >= 11 is 0. The molecule has 0 unspecified atom stereocenters. The molecule has 10 heteroatoms. The molecule has 2 rings (SSSR count). The van der Waals surface area contributed by atoms with Gasteiger partial charge in [0.05, 0.1) is 12.8 Å². The molecule has 0 aliphatic heterocycles. The van der Waals surface area contributed by atoms with Crippen LogP contribution in [0.2, 0.25) is 0 Å². The van der Waals surface area contributed by atoms with Crippen LogP contribution < -0.4 is 4.74 Å². The summed E-state index contributed by atoms with van der Waals surface area (Å²) < 4.78 is 64.3. The van der Waals surface area contributed by atoms with Gasteiger partial charge in [-0.15, -0.1) is 0 Å². The van der Waals surface area contributed by atoms with Crippen LogP contribution in [-0.4, -0.2) is 17.3 Å². The summed E-state index contributed by atoms with van der Waals surface area (Å²) in [5, 5.41) is 6.85. The predicted octanol–water partition coefficient (Wildman–Crippen LogP) is 5.58. The maximum atomic E-state index is 9.87. The first-order valence-corrected chi connectivity index (χ1v) is 7.08. The average molecular weight is 320 g/mol. The quantitative estimate of drug-likeness (QED) is 0.579. The molecule has 1 aromatic heterocycles. The fraction of sp³-hybridized carbons (Fsp3) is 0.100. The largest absolute Gasteiger partial charge is 1.00 e. The van der Waals surface area contributed by atoms with Crippen LogP contribution in [0, 0.1) is 0 Å². The normalized spacial score (nSPS) is 14.6. The summed E-state index contributed by atoms with van der Waals surface area (Å²) in [5.74, 6) is 0.860. The van der Waals surface area contributed by atoms with Crippen LogP contribution in [0.1, 0.15) is 1.43 Å². The Kier molecular flexibility index (Phi) is 3.80. The van der Waals surface area contributed by atoms with Crippen molar-refractivity contribution in [3.05, 3.63) is 36.5 Å². The van der Waals surface area contributed by atoms with Crippen molar-refractivity contribution in [1.82, 2.24) is 10.2 Å². The second-order valence-corrected chi connectivity index (χ2v) is 5.56. The molecular weight excluding hydrogens is 309 g/mol. The monoisotopic (exact) mass is 320 g/mol. The fourth-order valence-electron chi connectivity index (χ4n) is 1.18. The Morgan fingerprint density at radius 3 is 1.85 bits per heavy atom. The van der Waals surface area contributed by atoms with Crippen molar-refractivity contribution in [1.29, 1.82) is 0 Å². The third-order valence-corrected chi connectivity index (χ3v) is 1.89. The predicted molar refractivity (Wildman–Crippen MR) is 65.3 cm³/mol. The molecule has 114 valence electrons. The van der Waals surface area contributed by atoms with Gasteiger partial charge in [0.25, 0.3) is 0 Å². The van der Waals surface area contributed by atoms with Crippen molar-refractivity contribution in [2.45, 2.75) is 0 Å². The number of aromatic amines is 1. The third kappa shape index (κ3) is 8.36. The number of H-pyrrole nitrogens is 1. The second kappa shape index (κ2) is 4.66. The summed E-state index contributed by atoms with van der Waals surface area (Å²) in [6.45, 7) is 0. The molecule has 0 amide bonds. The van der Waals surface area contributed by atoms with Gasteiger partial charge < -0.3 is 4.74 Å².